The molecule has 0 saturated carbocycles. The zero-order valence-corrected chi connectivity index (χ0v) is 13.8. The number of hydrogen-bond acceptors (Lipinski definition) is 2. The number of halogens is 1. The van der Waals surface area contributed by atoms with E-state index in [0.717, 1.165) is 50.9 Å². The van der Waals surface area contributed by atoms with Gasteiger partial charge in [0.15, 0.2) is 11.6 Å². The number of phenolic OH excluding ortho intramolecular Hbond substituents is 1. The van der Waals surface area contributed by atoms with Crippen molar-refractivity contribution in [2.24, 2.45) is 0 Å². The molecule has 0 radical (unpaired) electrons. The first kappa shape index (κ1) is 17.5. The Morgan fingerprint density at radius 1 is 0.913 bits per heavy atom. The first-order valence-electron chi connectivity index (χ1n) is 8.42. The fourth-order valence-corrected chi connectivity index (χ4v) is 2.80. The van der Waals surface area contributed by atoms with Crippen molar-refractivity contribution in [1.82, 2.24) is 4.90 Å². The highest BCUT2D eigenvalue weighted by atomic mass is 19.1. The predicted octanol–water partition coefficient (Wildman–Crippen LogP) is 4.42. The van der Waals surface area contributed by atoms with Gasteiger partial charge < -0.3 is 10.0 Å². The molecule has 0 atom stereocenters. The van der Waals surface area contributed by atoms with Crippen LogP contribution in [0.1, 0.15) is 30.9 Å². The maximum absolute atomic E-state index is 13.1. The van der Waals surface area contributed by atoms with Crippen LogP contribution in [0, 0.1) is 5.82 Å². The summed E-state index contributed by atoms with van der Waals surface area (Å²) >= 11 is 0. The molecule has 0 aromatic heterocycles. The topological polar surface area (TPSA) is 23.5 Å². The molecule has 1 N–H and O–H groups in total. The summed E-state index contributed by atoms with van der Waals surface area (Å²) in [5, 5.41) is 9.45. The van der Waals surface area contributed by atoms with Gasteiger partial charge >= 0.3 is 0 Å². The predicted molar refractivity (Wildman–Crippen MR) is 93.3 cm³/mol. The molecule has 2 aromatic carbocycles. The van der Waals surface area contributed by atoms with Gasteiger partial charge in [0.1, 0.15) is 0 Å². The van der Waals surface area contributed by atoms with Gasteiger partial charge in [0.2, 0.25) is 0 Å². The lowest BCUT2D eigenvalue weighted by Crippen LogP contribution is -2.28. The fraction of sp³-hybridized carbons (Fsp3) is 0.400. The second-order valence-electron chi connectivity index (χ2n) is 5.97. The lowest BCUT2D eigenvalue weighted by Gasteiger charge is -2.21. The van der Waals surface area contributed by atoms with Gasteiger partial charge in [0.25, 0.3) is 0 Å². The first-order valence-corrected chi connectivity index (χ1v) is 8.42. The van der Waals surface area contributed by atoms with Crippen molar-refractivity contribution in [2.75, 3.05) is 19.6 Å². The number of phenols is 1. The zero-order valence-electron chi connectivity index (χ0n) is 13.8. The van der Waals surface area contributed by atoms with E-state index in [0.29, 0.717) is 0 Å². The third kappa shape index (κ3) is 6.03. The molecule has 0 fully saturated rings. The largest absolute Gasteiger partial charge is 0.505 e. The van der Waals surface area contributed by atoms with E-state index in [4.69, 9.17) is 0 Å². The highest BCUT2D eigenvalue weighted by Crippen LogP contribution is 2.17. The molecular formula is C20H26FNO. The van der Waals surface area contributed by atoms with Gasteiger partial charge in [-0.05, 0) is 62.0 Å². The van der Waals surface area contributed by atoms with Gasteiger partial charge in [-0.15, -0.1) is 0 Å². The van der Waals surface area contributed by atoms with Gasteiger partial charge in [-0.1, -0.05) is 43.3 Å². The number of aromatic hydroxyl groups is 1. The first-order chi connectivity index (χ1) is 11.2. The van der Waals surface area contributed by atoms with E-state index < -0.39 is 5.82 Å². The summed E-state index contributed by atoms with van der Waals surface area (Å²) in [5.74, 6) is -0.810. The van der Waals surface area contributed by atoms with Gasteiger partial charge in [0, 0.05) is 6.54 Å². The Labute approximate surface area is 138 Å². The molecule has 0 heterocycles. The number of benzene rings is 2. The van der Waals surface area contributed by atoms with E-state index in [-0.39, 0.29) is 5.75 Å². The number of hydrogen-bond donors (Lipinski definition) is 1. The van der Waals surface area contributed by atoms with E-state index in [1.54, 1.807) is 6.07 Å². The highest BCUT2D eigenvalue weighted by molar-refractivity contribution is 5.29. The summed E-state index contributed by atoms with van der Waals surface area (Å²) in [6, 6.07) is 15.2. The average Bonchev–Trinajstić information content (AvgIpc) is 2.56. The molecule has 2 nitrogen and oxygen atoms in total. The summed E-state index contributed by atoms with van der Waals surface area (Å²) in [6.45, 7) is 5.26. The van der Waals surface area contributed by atoms with Crippen molar-refractivity contribution < 1.29 is 9.50 Å². The third-order valence-electron chi connectivity index (χ3n) is 4.05. The molecule has 23 heavy (non-hydrogen) atoms. The minimum absolute atomic E-state index is 0.256. The molecule has 0 aliphatic heterocycles. The Bertz CT molecular complexity index is 585. The molecule has 0 aliphatic carbocycles. The Balaban J connectivity index is 1.79. The molecule has 0 unspecified atom stereocenters. The van der Waals surface area contributed by atoms with E-state index in [9.17, 15) is 9.50 Å². The normalized spacial score (nSPS) is 11.1. The standard InChI is InChI=1S/C20H26FNO/c1-2-13-22(14-6-9-17-7-4-3-5-8-17)15-12-18-10-11-19(21)20(23)16-18/h3-5,7-8,10-11,16,23H,2,6,9,12-15H2,1H3. The van der Waals surface area contributed by atoms with Crippen molar-refractivity contribution in [3.63, 3.8) is 0 Å². The van der Waals surface area contributed by atoms with Crippen LogP contribution in [0.5, 0.6) is 5.75 Å². The summed E-state index contributed by atoms with van der Waals surface area (Å²) in [7, 11) is 0. The van der Waals surface area contributed by atoms with Crippen LogP contribution in [0.2, 0.25) is 0 Å². The van der Waals surface area contributed by atoms with Crippen molar-refractivity contribution in [3.8, 4) is 5.75 Å². The Hall–Kier alpha value is -1.87. The van der Waals surface area contributed by atoms with Gasteiger partial charge in [-0.2, -0.15) is 0 Å². The van der Waals surface area contributed by atoms with E-state index in [1.165, 1.54) is 17.7 Å². The lowest BCUT2D eigenvalue weighted by atomic mass is 10.1. The van der Waals surface area contributed by atoms with Crippen LogP contribution in [0.3, 0.4) is 0 Å². The van der Waals surface area contributed by atoms with Gasteiger partial charge in [-0.25, -0.2) is 4.39 Å². The number of rotatable bonds is 9. The van der Waals surface area contributed by atoms with Crippen LogP contribution in [0.25, 0.3) is 0 Å². The zero-order chi connectivity index (χ0) is 16.5. The second kappa shape index (κ2) is 9.31. The Morgan fingerprint density at radius 2 is 1.70 bits per heavy atom. The molecule has 0 amide bonds. The van der Waals surface area contributed by atoms with Crippen molar-refractivity contribution in [3.05, 3.63) is 65.5 Å². The summed E-state index contributed by atoms with van der Waals surface area (Å²) in [5.41, 5.74) is 2.36. The van der Waals surface area contributed by atoms with Crippen LogP contribution in [0.4, 0.5) is 4.39 Å². The van der Waals surface area contributed by atoms with Crippen LogP contribution in [-0.4, -0.2) is 29.6 Å². The Morgan fingerprint density at radius 3 is 2.39 bits per heavy atom. The van der Waals surface area contributed by atoms with E-state index >= 15 is 0 Å². The summed E-state index contributed by atoms with van der Waals surface area (Å²) < 4.78 is 13.1. The highest BCUT2D eigenvalue weighted by Gasteiger charge is 2.06. The molecule has 0 bridgehead atoms. The molecule has 0 aliphatic rings. The third-order valence-corrected chi connectivity index (χ3v) is 4.05. The van der Waals surface area contributed by atoms with E-state index in [2.05, 4.69) is 36.1 Å². The van der Waals surface area contributed by atoms with E-state index in [1.807, 2.05) is 6.07 Å². The van der Waals surface area contributed by atoms with Crippen molar-refractivity contribution in [2.45, 2.75) is 32.6 Å². The van der Waals surface area contributed by atoms with Crippen LogP contribution < -0.4 is 0 Å². The Kier molecular flexibility index (Phi) is 7.08. The quantitative estimate of drug-likeness (QED) is 0.740. The van der Waals surface area contributed by atoms with Gasteiger partial charge in [0.05, 0.1) is 0 Å². The number of nitrogens with zero attached hydrogens (tertiary/aromatic N) is 1. The van der Waals surface area contributed by atoms with Gasteiger partial charge in [-0.3, -0.25) is 0 Å². The average molecular weight is 315 g/mol. The van der Waals surface area contributed by atoms with Crippen LogP contribution in [-0.2, 0) is 12.8 Å². The van der Waals surface area contributed by atoms with Crippen molar-refractivity contribution >= 4 is 0 Å². The second-order valence-corrected chi connectivity index (χ2v) is 5.97. The molecular weight excluding hydrogens is 289 g/mol. The molecule has 124 valence electrons. The fourth-order valence-electron chi connectivity index (χ4n) is 2.80. The van der Waals surface area contributed by atoms with Crippen LogP contribution in [0.15, 0.2) is 48.5 Å². The molecule has 0 spiro atoms. The SMILES string of the molecule is CCCN(CCCc1ccccc1)CCc1ccc(F)c(O)c1. The minimum atomic E-state index is -0.554. The molecule has 2 rings (SSSR count). The summed E-state index contributed by atoms with van der Waals surface area (Å²) in [4.78, 5) is 2.45. The van der Waals surface area contributed by atoms with Crippen molar-refractivity contribution in [1.29, 1.82) is 0 Å². The maximum atomic E-state index is 13.1. The smallest absolute Gasteiger partial charge is 0.164 e. The number of aryl methyl sites for hydroxylation is 1. The minimum Gasteiger partial charge on any atom is -0.505 e. The monoisotopic (exact) mass is 315 g/mol. The van der Waals surface area contributed by atoms with Crippen LogP contribution >= 0.6 is 0 Å². The molecule has 2 aromatic rings. The maximum Gasteiger partial charge on any atom is 0.164 e. The molecule has 3 heteroatoms. The molecule has 0 saturated heterocycles. The lowest BCUT2D eigenvalue weighted by molar-refractivity contribution is 0.274. The summed E-state index contributed by atoms with van der Waals surface area (Å²) in [6.07, 6.45) is 4.19.